The molecule has 2 aliphatic rings. The lowest BCUT2D eigenvalue weighted by molar-refractivity contribution is 0.646. The molecule has 0 saturated carbocycles. The van der Waals surface area contributed by atoms with Crippen LogP contribution in [0.5, 0.6) is 0 Å². The molecule has 138 valence electrons. The average Bonchev–Trinajstić information content (AvgIpc) is 2.98. The predicted molar refractivity (Wildman–Crippen MR) is 108 cm³/mol. The smallest absolute Gasteiger partial charge is 0.134 e. The Morgan fingerprint density at radius 2 is 1.31 bits per heavy atom. The van der Waals surface area contributed by atoms with Crippen LogP contribution in [-0.4, -0.2) is 49.2 Å². The highest BCUT2D eigenvalue weighted by Gasteiger charge is 2.20. The van der Waals surface area contributed by atoms with Crippen LogP contribution in [0, 0.1) is 6.92 Å². The van der Waals surface area contributed by atoms with E-state index in [-0.39, 0.29) is 0 Å². The summed E-state index contributed by atoms with van der Waals surface area (Å²) < 4.78 is 0. The molecule has 5 heteroatoms. The summed E-state index contributed by atoms with van der Waals surface area (Å²) in [4.78, 5) is 16.4. The third-order valence-corrected chi connectivity index (χ3v) is 5.54. The molecule has 0 atom stereocenters. The highest BCUT2D eigenvalue weighted by molar-refractivity contribution is 5.53. The molecule has 0 aliphatic carbocycles. The molecular formula is C21H29N5. The number of nitrogens with zero attached hydrogens (tertiary/aromatic N) is 5. The van der Waals surface area contributed by atoms with Crippen LogP contribution in [0.25, 0.3) is 0 Å². The van der Waals surface area contributed by atoms with Crippen LogP contribution in [0.1, 0.15) is 31.2 Å². The van der Waals surface area contributed by atoms with E-state index in [4.69, 9.17) is 0 Å². The number of hydrogen-bond donors (Lipinski definition) is 0. The maximum absolute atomic E-state index is 4.56. The van der Waals surface area contributed by atoms with Gasteiger partial charge in [0.1, 0.15) is 18.0 Å². The summed E-state index contributed by atoms with van der Waals surface area (Å²) in [6, 6.07) is 11.0. The third-order valence-electron chi connectivity index (χ3n) is 5.54. The minimum absolute atomic E-state index is 1.00. The van der Waals surface area contributed by atoms with Crippen molar-refractivity contribution >= 4 is 17.3 Å². The number of benzene rings is 1. The topological polar surface area (TPSA) is 35.5 Å². The van der Waals surface area contributed by atoms with Crippen molar-refractivity contribution in [3.8, 4) is 0 Å². The molecule has 2 saturated heterocycles. The zero-order valence-corrected chi connectivity index (χ0v) is 15.8. The van der Waals surface area contributed by atoms with E-state index in [1.165, 1.54) is 36.9 Å². The molecule has 1 aromatic carbocycles. The third kappa shape index (κ3) is 3.92. The van der Waals surface area contributed by atoms with Crippen molar-refractivity contribution < 1.29 is 0 Å². The van der Waals surface area contributed by atoms with E-state index >= 15 is 0 Å². The van der Waals surface area contributed by atoms with E-state index in [9.17, 15) is 0 Å². The predicted octanol–water partition coefficient (Wildman–Crippen LogP) is 3.49. The molecule has 5 nitrogen and oxygen atoms in total. The molecule has 3 heterocycles. The summed E-state index contributed by atoms with van der Waals surface area (Å²) in [6.07, 6.45) is 6.97. The minimum Gasteiger partial charge on any atom is -0.368 e. The Morgan fingerprint density at radius 1 is 0.692 bits per heavy atom. The second-order valence-electron chi connectivity index (χ2n) is 7.45. The van der Waals surface area contributed by atoms with Gasteiger partial charge in [-0.05, 0) is 37.5 Å². The second kappa shape index (κ2) is 7.94. The van der Waals surface area contributed by atoms with Crippen molar-refractivity contribution in [3.63, 3.8) is 0 Å². The first-order chi connectivity index (χ1) is 12.8. The van der Waals surface area contributed by atoms with Crippen LogP contribution < -0.4 is 14.7 Å². The first-order valence-electron chi connectivity index (χ1n) is 9.93. The lowest BCUT2D eigenvalue weighted by Gasteiger charge is -2.37. The fraction of sp³-hybridized carbons (Fsp3) is 0.524. The standard InChI is InChI=1S/C21H29N5/c1-18-7-6-8-19(15-18)24-11-13-26(14-12-24)21-16-20(22-17-23-21)25-9-4-2-3-5-10-25/h6-8,15-17H,2-5,9-14H2,1H3. The van der Waals surface area contributed by atoms with Crippen LogP contribution in [0.3, 0.4) is 0 Å². The lowest BCUT2D eigenvalue weighted by Crippen LogP contribution is -2.47. The Labute approximate surface area is 156 Å². The van der Waals surface area contributed by atoms with Crippen molar-refractivity contribution in [2.24, 2.45) is 0 Å². The van der Waals surface area contributed by atoms with E-state index in [2.05, 4.69) is 61.9 Å². The van der Waals surface area contributed by atoms with Gasteiger partial charge < -0.3 is 14.7 Å². The van der Waals surface area contributed by atoms with Crippen molar-refractivity contribution in [2.45, 2.75) is 32.6 Å². The summed E-state index contributed by atoms with van der Waals surface area (Å²) in [6.45, 7) is 8.48. The molecule has 0 spiro atoms. The second-order valence-corrected chi connectivity index (χ2v) is 7.45. The van der Waals surface area contributed by atoms with Gasteiger partial charge in [0, 0.05) is 51.0 Å². The van der Waals surface area contributed by atoms with Gasteiger partial charge in [-0.1, -0.05) is 25.0 Å². The van der Waals surface area contributed by atoms with Crippen molar-refractivity contribution in [1.82, 2.24) is 9.97 Å². The summed E-state index contributed by atoms with van der Waals surface area (Å²) in [5, 5.41) is 0. The summed E-state index contributed by atoms with van der Waals surface area (Å²) in [5.74, 6) is 2.17. The van der Waals surface area contributed by atoms with E-state index in [1.54, 1.807) is 6.33 Å². The number of piperazine rings is 1. The van der Waals surface area contributed by atoms with Crippen molar-refractivity contribution in [3.05, 3.63) is 42.2 Å². The van der Waals surface area contributed by atoms with Gasteiger partial charge in [-0.3, -0.25) is 0 Å². The van der Waals surface area contributed by atoms with E-state index < -0.39 is 0 Å². The molecule has 0 amide bonds. The summed E-state index contributed by atoms with van der Waals surface area (Å²) in [5.41, 5.74) is 2.65. The van der Waals surface area contributed by atoms with Gasteiger partial charge in [0.05, 0.1) is 0 Å². The fourth-order valence-electron chi connectivity index (χ4n) is 4.00. The maximum atomic E-state index is 4.56. The Hall–Kier alpha value is -2.30. The summed E-state index contributed by atoms with van der Waals surface area (Å²) >= 11 is 0. The van der Waals surface area contributed by atoms with Gasteiger partial charge in [-0.25, -0.2) is 9.97 Å². The Balaban J connectivity index is 1.42. The molecule has 1 aromatic heterocycles. The van der Waals surface area contributed by atoms with E-state index in [1.807, 2.05) is 0 Å². The monoisotopic (exact) mass is 351 g/mol. The van der Waals surface area contributed by atoms with E-state index in [0.29, 0.717) is 0 Å². The molecule has 2 aromatic rings. The minimum atomic E-state index is 1.00. The van der Waals surface area contributed by atoms with E-state index in [0.717, 1.165) is 50.9 Å². The largest absolute Gasteiger partial charge is 0.368 e. The Kier molecular flexibility index (Phi) is 5.23. The van der Waals surface area contributed by atoms with Crippen LogP contribution in [-0.2, 0) is 0 Å². The van der Waals surface area contributed by atoms with Crippen LogP contribution in [0.2, 0.25) is 0 Å². The molecule has 4 rings (SSSR count). The van der Waals surface area contributed by atoms with Crippen molar-refractivity contribution in [2.75, 3.05) is 54.0 Å². The van der Waals surface area contributed by atoms with Gasteiger partial charge in [0.25, 0.3) is 0 Å². The molecule has 26 heavy (non-hydrogen) atoms. The Bertz CT molecular complexity index is 716. The molecule has 0 N–H and O–H groups in total. The molecule has 0 unspecified atom stereocenters. The van der Waals surface area contributed by atoms with Crippen LogP contribution in [0.4, 0.5) is 17.3 Å². The Morgan fingerprint density at radius 3 is 1.96 bits per heavy atom. The first kappa shape index (κ1) is 17.1. The van der Waals surface area contributed by atoms with Gasteiger partial charge in [-0.2, -0.15) is 0 Å². The number of anilines is 3. The summed E-state index contributed by atoms with van der Waals surface area (Å²) in [7, 11) is 0. The fourth-order valence-corrected chi connectivity index (χ4v) is 4.00. The van der Waals surface area contributed by atoms with Crippen LogP contribution in [0.15, 0.2) is 36.7 Å². The molecule has 2 fully saturated rings. The zero-order chi connectivity index (χ0) is 17.8. The SMILES string of the molecule is Cc1cccc(N2CCN(c3cc(N4CCCCCC4)ncn3)CC2)c1. The van der Waals surface area contributed by atoms with Gasteiger partial charge in [0.2, 0.25) is 0 Å². The molecule has 2 aliphatic heterocycles. The average molecular weight is 351 g/mol. The molecule has 0 radical (unpaired) electrons. The molecular weight excluding hydrogens is 322 g/mol. The highest BCUT2D eigenvalue weighted by Crippen LogP contribution is 2.23. The van der Waals surface area contributed by atoms with Crippen LogP contribution >= 0.6 is 0 Å². The van der Waals surface area contributed by atoms with Crippen molar-refractivity contribution in [1.29, 1.82) is 0 Å². The van der Waals surface area contributed by atoms with Gasteiger partial charge >= 0.3 is 0 Å². The maximum Gasteiger partial charge on any atom is 0.134 e. The lowest BCUT2D eigenvalue weighted by atomic mass is 10.2. The number of aryl methyl sites for hydroxylation is 1. The normalized spacial score (nSPS) is 18.7. The number of aromatic nitrogens is 2. The zero-order valence-electron chi connectivity index (χ0n) is 15.8. The van der Waals surface area contributed by atoms with Gasteiger partial charge in [0.15, 0.2) is 0 Å². The number of rotatable bonds is 3. The molecule has 0 bridgehead atoms. The van der Waals surface area contributed by atoms with Gasteiger partial charge in [-0.15, -0.1) is 0 Å². The quantitative estimate of drug-likeness (QED) is 0.846. The number of hydrogen-bond acceptors (Lipinski definition) is 5. The first-order valence-corrected chi connectivity index (χ1v) is 9.93. The highest BCUT2D eigenvalue weighted by atomic mass is 15.3.